The van der Waals surface area contributed by atoms with Crippen LogP contribution >= 0.6 is 0 Å². The molecule has 0 spiro atoms. The van der Waals surface area contributed by atoms with E-state index in [1.54, 1.807) is 35.9 Å². The SMILES string of the molecule is CCS(=O)(=O)Nc1cc2oc(-c3ccc(F)cc3)c(C(=O)NC)c2cc1-c1cc(-c2cc3c(F)cccc3n2C)c(=O)n(C)n1. The van der Waals surface area contributed by atoms with Gasteiger partial charge in [0.05, 0.1) is 39.5 Å². The topological polar surface area (TPSA) is 128 Å². The first kappa shape index (κ1) is 29.8. The van der Waals surface area contributed by atoms with Gasteiger partial charge < -0.3 is 14.3 Å². The van der Waals surface area contributed by atoms with E-state index >= 15 is 0 Å². The van der Waals surface area contributed by atoms with E-state index in [-0.39, 0.29) is 45.2 Å². The van der Waals surface area contributed by atoms with Crippen LogP contribution in [0.25, 0.3) is 55.7 Å². The minimum atomic E-state index is -3.82. The van der Waals surface area contributed by atoms with E-state index in [0.29, 0.717) is 27.5 Å². The van der Waals surface area contributed by atoms with E-state index in [1.165, 1.54) is 63.5 Å². The number of furan rings is 1. The summed E-state index contributed by atoms with van der Waals surface area (Å²) in [4.78, 5) is 26.6. The number of carbonyl (C=O) groups is 1. The van der Waals surface area contributed by atoms with Gasteiger partial charge in [-0.2, -0.15) is 5.10 Å². The van der Waals surface area contributed by atoms with E-state index in [0.717, 1.165) is 4.68 Å². The number of hydrogen-bond acceptors (Lipinski definition) is 6. The molecule has 230 valence electrons. The van der Waals surface area contributed by atoms with Crippen LogP contribution in [0.3, 0.4) is 0 Å². The molecular weight excluding hydrogens is 604 g/mol. The number of nitrogens with one attached hydrogen (secondary N) is 2. The van der Waals surface area contributed by atoms with Crippen molar-refractivity contribution in [2.45, 2.75) is 6.92 Å². The fourth-order valence-corrected chi connectivity index (χ4v) is 5.99. The highest BCUT2D eigenvalue weighted by Gasteiger charge is 2.26. The zero-order valence-corrected chi connectivity index (χ0v) is 25.4. The number of nitrogens with zero attached hydrogens (tertiary/aromatic N) is 3. The van der Waals surface area contributed by atoms with Gasteiger partial charge in [0.1, 0.15) is 23.0 Å². The third kappa shape index (κ3) is 5.14. The molecule has 0 aliphatic rings. The Balaban J connectivity index is 1.65. The lowest BCUT2D eigenvalue weighted by molar-refractivity contribution is 0.0964. The number of aromatic nitrogens is 3. The second-order valence-corrected chi connectivity index (χ2v) is 12.4. The molecule has 0 fully saturated rings. The third-order valence-corrected chi connectivity index (χ3v) is 8.97. The van der Waals surface area contributed by atoms with Crippen molar-refractivity contribution < 1.29 is 26.4 Å². The zero-order chi connectivity index (χ0) is 32.2. The van der Waals surface area contributed by atoms with Crippen molar-refractivity contribution >= 4 is 43.5 Å². The molecule has 0 saturated heterocycles. The summed E-state index contributed by atoms with van der Waals surface area (Å²) in [6, 6.07) is 16.1. The number of anilines is 1. The molecule has 3 aromatic heterocycles. The summed E-state index contributed by atoms with van der Waals surface area (Å²) < 4.78 is 65.4. The molecule has 0 aliphatic carbocycles. The van der Waals surface area contributed by atoms with Crippen LogP contribution in [0, 0.1) is 11.6 Å². The second kappa shape index (κ2) is 11.0. The first-order valence-electron chi connectivity index (χ1n) is 13.8. The van der Waals surface area contributed by atoms with Crippen molar-refractivity contribution in [2.24, 2.45) is 14.1 Å². The summed E-state index contributed by atoms with van der Waals surface area (Å²) in [5.41, 5.74) is 2.00. The van der Waals surface area contributed by atoms with Crippen molar-refractivity contribution in [2.75, 3.05) is 17.5 Å². The van der Waals surface area contributed by atoms with Crippen molar-refractivity contribution in [1.82, 2.24) is 19.7 Å². The maximum atomic E-state index is 14.7. The van der Waals surface area contributed by atoms with Crippen LogP contribution in [-0.2, 0) is 24.1 Å². The number of sulfonamides is 1. The summed E-state index contributed by atoms with van der Waals surface area (Å²) in [5.74, 6) is -1.49. The Kier molecular flexibility index (Phi) is 7.28. The van der Waals surface area contributed by atoms with Crippen molar-refractivity contribution in [1.29, 1.82) is 0 Å². The van der Waals surface area contributed by atoms with Gasteiger partial charge in [-0.05, 0) is 61.5 Å². The van der Waals surface area contributed by atoms with Gasteiger partial charge >= 0.3 is 0 Å². The van der Waals surface area contributed by atoms with Crippen LogP contribution in [0.4, 0.5) is 14.5 Å². The minimum Gasteiger partial charge on any atom is -0.455 e. The Labute approximate surface area is 256 Å². The summed E-state index contributed by atoms with van der Waals surface area (Å²) in [5, 5.41) is 7.68. The van der Waals surface area contributed by atoms with Crippen LogP contribution in [0.2, 0.25) is 0 Å². The fourth-order valence-electron chi connectivity index (χ4n) is 5.34. The standard InChI is InChI=1S/C32H27F2N5O5S/c1-5-45(42,43)37-25-16-28-22(29(31(40)35-2)30(44-28)17-9-11-18(33)12-10-17)13-20(25)24-14-21(32(41)39(4)36-24)27-15-19-23(34)7-6-8-26(19)38(27)3/h6-16,37H,5H2,1-4H3,(H,35,40). The van der Waals surface area contributed by atoms with Crippen molar-refractivity contribution in [3.05, 3.63) is 94.3 Å². The number of amides is 1. The summed E-state index contributed by atoms with van der Waals surface area (Å²) in [6.07, 6.45) is 0. The Morgan fingerprint density at radius 2 is 1.71 bits per heavy atom. The normalized spacial score (nSPS) is 11.8. The predicted octanol–water partition coefficient (Wildman–Crippen LogP) is 5.42. The predicted molar refractivity (Wildman–Crippen MR) is 168 cm³/mol. The van der Waals surface area contributed by atoms with Gasteiger partial charge in [0.25, 0.3) is 11.5 Å². The molecule has 0 atom stereocenters. The molecule has 0 unspecified atom stereocenters. The third-order valence-electron chi connectivity index (χ3n) is 7.68. The molecule has 3 aromatic carbocycles. The second-order valence-electron chi connectivity index (χ2n) is 10.4. The number of benzene rings is 3. The van der Waals surface area contributed by atoms with Gasteiger partial charge in [-0.15, -0.1) is 0 Å². The molecular formula is C32H27F2N5O5S. The lowest BCUT2D eigenvalue weighted by Crippen LogP contribution is -2.23. The molecule has 0 aliphatic heterocycles. The Bertz CT molecular complexity index is 2320. The van der Waals surface area contributed by atoms with Crippen LogP contribution in [-0.4, -0.2) is 41.5 Å². The summed E-state index contributed by atoms with van der Waals surface area (Å²) >= 11 is 0. The number of carbonyl (C=O) groups excluding carboxylic acids is 1. The molecule has 3 heterocycles. The molecule has 10 nitrogen and oxygen atoms in total. The lowest BCUT2D eigenvalue weighted by Gasteiger charge is -2.14. The summed E-state index contributed by atoms with van der Waals surface area (Å²) in [7, 11) is 0.797. The number of halogens is 2. The largest absolute Gasteiger partial charge is 0.455 e. The van der Waals surface area contributed by atoms with E-state index in [2.05, 4.69) is 15.1 Å². The average Bonchev–Trinajstić information content (AvgIpc) is 3.56. The van der Waals surface area contributed by atoms with Gasteiger partial charge in [-0.3, -0.25) is 14.3 Å². The number of hydrogen-bond donors (Lipinski definition) is 2. The fraction of sp³-hybridized carbons (Fsp3) is 0.156. The first-order chi connectivity index (χ1) is 21.4. The molecule has 0 saturated carbocycles. The highest BCUT2D eigenvalue weighted by atomic mass is 32.2. The van der Waals surface area contributed by atoms with E-state index in [4.69, 9.17) is 4.42 Å². The van der Waals surface area contributed by atoms with Gasteiger partial charge in [-0.1, -0.05) is 6.07 Å². The number of fused-ring (bicyclic) bond motifs is 2. The van der Waals surface area contributed by atoms with Crippen LogP contribution in [0.1, 0.15) is 17.3 Å². The molecule has 2 N–H and O–H groups in total. The van der Waals surface area contributed by atoms with Gasteiger partial charge in [0.2, 0.25) is 10.0 Å². The van der Waals surface area contributed by atoms with Crippen molar-refractivity contribution in [3.63, 3.8) is 0 Å². The van der Waals surface area contributed by atoms with E-state index < -0.39 is 33.1 Å². The highest BCUT2D eigenvalue weighted by Crippen LogP contribution is 2.40. The van der Waals surface area contributed by atoms with Crippen LogP contribution in [0.15, 0.2) is 75.9 Å². The Morgan fingerprint density at radius 3 is 2.38 bits per heavy atom. The van der Waals surface area contributed by atoms with Crippen molar-refractivity contribution in [3.8, 4) is 33.8 Å². The number of rotatable bonds is 7. The van der Waals surface area contributed by atoms with Gasteiger partial charge in [0.15, 0.2) is 0 Å². The van der Waals surface area contributed by atoms with Crippen LogP contribution < -0.4 is 15.6 Å². The number of aryl methyl sites for hydroxylation is 2. The van der Waals surface area contributed by atoms with E-state index in [9.17, 15) is 26.8 Å². The maximum Gasteiger partial charge on any atom is 0.275 e. The molecule has 1 amide bonds. The van der Waals surface area contributed by atoms with Crippen LogP contribution in [0.5, 0.6) is 0 Å². The molecule has 6 aromatic rings. The Hall–Kier alpha value is -5.30. The Morgan fingerprint density at radius 1 is 0.978 bits per heavy atom. The molecule has 6 rings (SSSR count). The van der Waals surface area contributed by atoms with Gasteiger partial charge in [-0.25, -0.2) is 21.9 Å². The first-order valence-corrected chi connectivity index (χ1v) is 15.5. The highest BCUT2D eigenvalue weighted by molar-refractivity contribution is 7.92. The quantitative estimate of drug-likeness (QED) is 0.242. The van der Waals surface area contributed by atoms with Gasteiger partial charge in [0, 0.05) is 49.1 Å². The van der Waals surface area contributed by atoms with E-state index in [1.807, 2.05) is 0 Å². The smallest absolute Gasteiger partial charge is 0.275 e. The average molecular weight is 632 g/mol. The molecule has 0 radical (unpaired) electrons. The zero-order valence-electron chi connectivity index (χ0n) is 24.6. The molecule has 13 heteroatoms. The lowest BCUT2D eigenvalue weighted by atomic mass is 10.0. The maximum absolute atomic E-state index is 14.7. The molecule has 45 heavy (non-hydrogen) atoms. The minimum absolute atomic E-state index is 0.0902. The monoisotopic (exact) mass is 631 g/mol. The summed E-state index contributed by atoms with van der Waals surface area (Å²) in [6.45, 7) is 1.48. The molecule has 0 bridgehead atoms.